The number of ether oxygens (including phenoxy) is 1. The van der Waals surface area contributed by atoms with Crippen molar-refractivity contribution in [3.05, 3.63) is 59.7 Å². The summed E-state index contributed by atoms with van der Waals surface area (Å²) in [6.07, 6.45) is 3.29. The smallest absolute Gasteiger partial charge is 0.166 e. The van der Waals surface area contributed by atoms with Crippen molar-refractivity contribution < 1.29 is 9.13 Å². The van der Waals surface area contributed by atoms with Gasteiger partial charge in [0.05, 0.1) is 11.6 Å². The molecule has 0 bridgehead atoms. The van der Waals surface area contributed by atoms with E-state index in [0.717, 1.165) is 11.6 Å². The first-order valence-electron chi connectivity index (χ1n) is 5.01. The molecule has 0 radical (unpaired) electrons. The largest absolute Gasteiger partial charge is 0.486 e. The molecule has 0 saturated heterocycles. The average molecular weight is 228 g/mol. The number of aromatic nitrogens is 1. The van der Waals surface area contributed by atoms with Gasteiger partial charge < -0.3 is 4.74 Å². The fourth-order valence-electron chi connectivity index (χ4n) is 1.33. The van der Waals surface area contributed by atoms with Gasteiger partial charge in [-0.1, -0.05) is 0 Å². The molecule has 0 aliphatic heterocycles. The molecule has 0 aliphatic carbocycles. The lowest BCUT2D eigenvalue weighted by Crippen LogP contribution is -1.97. The summed E-state index contributed by atoms with van der Waals surface area (Å²) in [5, 5.41) is 8.60. The minimum absolute atomic E-state index is 0.140. The van der Waals surface area contributed by atoms with Crippen LogP contribution < -0.4 is 4.74 Å². The van der Waals surface area contributed by atoms with Gasteiger partial charge in [-0.05, 0) is 35.9 Å². The number of pyridine rings is 1. The lowest BCUT2D eigenvalue weighted by atomic mass is 10.2. The highest BCUT2D eigenvalue weighted by Gasteiger charge is 2.04. The molecule has 0 saturated carbocycles. The fourth-order valence-corrected chi connectivity index (χ4v) is 1.33. The quantitative estimate of drug-likeness (QED) is 0.811. The van der Waals surface area contributed by atoms with E-state index in [4.69, 9.17) is 10.00 Å². The molecule has 1 aromatic carbocycles. The van der Waals surface area contributed by atoms with Crippen molar-refractivity contribution in [2.75, 3.05) is 0 Å². The van der Waals surface area contributed by atoms with Gasteiger partial charge in [-0.2, -0.15) is 5.26 Å². The summed E-state index contributed by atoms with van der Waals surface area (Å²) in [5.41, 5.74) is 1.18. The summed E-state index contributed by atoms with van der Waals surface area (Å²) in [6.45, 7) is 0.269. The van der Waals surface area contributed by atoms with Crippen LogP contribution in [0.5, 0.6) is 5.75 Å². The van der Waals surface area contributed by atoms with Crippen LogP contribution in [0, 0.1) is 17.1 Å². The van der Waals surface area contributed by atoms with Gasteiger partial charge in [-0.25, -0.2) is 4.39 Å². The van der Waals surface area contributed by atoms with Crippen LogP contribution in [-0.2, 0) is 6.61 Å². The van der Waals surface area contributed by atoms with E-state index in [1.165, 1.54) is 12.1 Å². The number of halogens is 1. The Bertz CT molecular complexity index is 549. The molecule has 0 spiro atoms. The fraction of sp³-hybridized carbons (Fsp3) is 0.0769. The van der Waals surface area contributed by atoms with Gasteiger partial charge >= 0.3 is 0 Å². The molecule has 0 atom stereocenters. The van der Waals surface area contributed by atoms with Crippen molar-refractivity contribution in [3.63, 3.8) is 0 Å². The number of hydrogen-bond acceptors (Lipinski definition) is 3. The van der Waals surface area contributed by atoms with E-state index >= 15 is 0 Å². The molecular weight excluding hydrogens is 219 g/mol. The number of benzene rings is 1. The molecule has 3 nitrogen and oxygen atoms in total. The van der Waals surface area contributed by atoms with Gasteiger partial charge in [-0.3, -0.25) is 4.98 Å². The van der Waals surface area contributed by atoms with Crippen molar-refractivity contribution in [3.8, 4) is 11.8 Å². The van der Waals surface area contributed by atoms with E-state index in [9.17, 15) is 4.39 Å². The second-order valence-corrected chi connectivity index (χ2v) is 3.40. The predicted octanol–water partition coefficient (Wildman–Crippen LogP) is 2.67. The molecule has 0 amide bonds. The third-order valence-corrected chi connectivity index (χ3v) is 2.20. The van der Waals surface area contributed by atoms with Crippen molar-refractivity contribution in [2.24, 2.45) is 0 Å². The highest BCUT2D eigenvalue weighted by atomic mass is 19.1. The maximum atomic E-state index is 13.5. The van der Waals surface area contributed by atoms with Crippen molar-refractivity contribution in [1.82, 2.24) is 4.98 Å². The summed E-state index contributed by atoms with van der Waals surface area (Å²) in [4.78, 5) is 3.87. The van der Waals surface area contributed by atoms with Crippen molar-refractivity contribution in [1.29, 1.82) is 5.26 Å². The highest BCUT2D eigenvalue weighted by Crippen LogP contribution is 2.19. The third-order valence-electron chi connectivity index (χ3n) is 2.20. The molecule has 1 aromatic heterocycles. The molecule has 2 rings (SSSR count). The normalized spacial score (nSPS) is 9.65. The Morgan fingerprint density at radius 2 is 2.00 bits per heavy atom. The van der Waals surface area contributed by atoms with Gasteiger partial charge in [-0.15, -0.1) is 0 Å². The monoisotopic (exact) mass is 228 g/mol. The van der Waals surface area contributed by atoms with E-state index in [-0.39, 0.29) is 17.9 Å². The Labute approximate surface area is 98.1 Å². The maximum Gasteiger partial charge on any atom is 0.166 e. The van der Waals surface area contributed by atoms with Crippen LogP contribution in [0.4, 0.5) is 4.39 Å². The van der Waals surface area contributed by atoms with Crippen LogP contribution in [0.1, 0.15) is 11.1 Å². The first-order chi connectivity index (χ1) is 8.29. The van der Waals surface area contributed by atoms with Gasteiger partial charge in [0.15, 0.2) is 11.6 Å². The zero-order chi connectivity index (χ0) is 12.1. The lowest BCUT2D eigenvalue weighted by Gasteiger charge is -2.06. The van der Waals surface area contributed by atoms with E-state index < -0.39 is 5.82 Å². The third kappa shape index (κ3) is 2.79. The molecule has 0 aliphatic rings. The topological polar surface area (TPSA) is 45.9 Å². The average Bonchev–Trinajstić information content (AvgIpc) is 2.38. The summed E-state index contributed by atoms with van der Waals surface area (Å²) in [6, 6.07) is 9.58. The minimum Gasteiger partial charge on any atom is -0.486 e. The molecule has 1 heterocycles. The van der Waals surface area contributed by atoms with Crippen molar-refractivity contribution >= 4 is 0 Å². The van der Waals surface area contributed by atoms with Gasteiger partial charge in [0, 0.05) is 12.4 Å². The van der Waals surface area contributed by atoms with Crippen molar-refractivity contribution in [2.45, 2.75) is 6.61 Å². The Morgan fingerprint density at radius 3 is 2.65 bits per heavy atom. The molecule has 0 fully saturated rings. The van der Waals surface area contributed by atoms with E-state index in [2.05, 4.69) is 4.98 Å². The van der Waals surface area contributed by atoms with Crippen LogP contribution in [0.25, 0.3) is 0 Å². The Kier molecular flexibility index (Phi) is 3.31. The van der Waals surface area contributed by atoms with Gasteiger partial charge in [0.25, 0.3) is 0 Å². The van der Waals surface area contributed by atoms with E-state index in [1.54, 1.807) is 24.5 Å². The number of nitriles is 1. The first-order valence-corrected chi connectivity index (χ1v) is 5.01. The second kappa shape index (κ2) is 5.08. The lowest BCUT2D eigenvalue weighted by molar-refractivity contribution is 0.290. The van der Waals surface area contributed by atoms with Crippen LogP contribution >= 0.6 is 0 Å². The van der Waals surface area contributed by atoms with Crippen LogP contribution in [0.2, 0.25) is 0 Å². The maximum absolute atomic E-state index is 13.5. The van der Waals surface area contributed by atoms with Gasteiger partial charge in [0.1, 0.15) is 6.61 Å². The zero-order valence-corrected chi connectivity index (χ0v) is 8.93. The molecule has 2 aromatic rings. The summed E-state index contributed by atoms with van der Waals surface area (Å²) < 4.78 is 18.8. The van der Waals surface area contributed by atoms with Crippen LogP contribution in [0.15, 0.2) is 42.7 Å². The molecule has 17 heavy (non-hydrogen) atoms. The molecule has 4 heteroatoms. The Balaban J connectivity index is 2.08. The highest BCUT2D eigenvalue weighted by molar-refractivity contribution is 5.36. The number of nitrogens with zero attached hydrogens (tertiary/aromatic N) is 2. The molecule has 0 N–H and O–H groups in total. The van der Waals surface area contributed by atoms with Gasteiger partial charge in [0.2, 0.25) is 0 Å². The molecular formula is C13H9FN2O. The van der Waals surface area contributed by atoms with Crippen LogP contribution in [-0.4, -0.2) is 4.98 Å². The van der Waals surface area contributed by atoms with E-state index in [0.29, 0.717) is 0 Å². The second-order valence-electron chi connectivity index (χ2n) is 3.40. The van der Waals surface area contributed by atoms with E-state index in [1.807, 2.05) is 6.07 Å². The Morgan fingerprint density at radius 1 is 1.24 bits per heavy atom. The number of hydrogen-bond donors (Lipinski definition) is 0. The summed E-state index contributed by atoms with van der Waals surface area (Å²) >= 11 is 0. The standard InChI is InChI=1S/C13H9FN2O/c14-12-7-11(8-15)1-2-13(12)17-9-10-3-5-16-6-4-10/h1-7H,9H2. The van der Waals surface area contributed by atoms with Crippen LogP contribution in [0.3, 0.4) is 0 Å². The molecule has 84 valence electrons. The summed E-state index contributed by atoms with van der Waals surface area (Å²) in [7, 11) is 0. The SMILES string of the molecule is N#Cc1ccc(OCc2ccncc2)c(F)c1. The summed E-state index contributed by atoms with van der Waals surface area (Å²) in [5.74, 6) is -0.390. The predicted molar refractivity (Wildman–Crippen MR) is 59.7 cm³/mol. The first kappa shape index (κ1) is 11.1. The molecule has 0 unspecified atom stereocenters. The zero-order valence-electron chi connectivity index (χ0n) is 8.93. The Hall–Kier alpha value is -2.41. The number of rotatable bonds is 3. The minimum atomic E-state index is -0.530.